The van der Waals surface area contributed by atoms with Crippen molar-refractivity contribution in [2.75, 3.05) is 7.11 Å². The minimum atomic E-state index is -3.20. The first-order valence-corrected chi connectivity index (χ1v) is 7.84. The SMILES string of the molecule is COCc1nc(CS(=O)(=O)C(C)C)sc1C(=N)N. The summed E-state index contributed by atoms with van der Waals surface area (Å²) in [5, 5.41) is 7.42. The first kappa shape index (κ1) is 15.1. The Morgan fingerprint density at radius 3 is 2.61 bits per heavy atom. The number of sulfone groups is 1. The lowest BCUT2D eigenvalue weighted by atomic mass is 10.3. The highest BCUT2D eigenvalue weighted by molar-refractivity contribution is 7.91. The summed E-state index contributed by atoms with van der Waals surface area (Å²) in [6.45, 7) is 3.48. The zero-order valence-corrected chi connectivity index (χ0v) is 12.2. The maximum Gasteiger partial charge on any atom is 0.159 e. The van der Waals surface area contributed by atoms with Gasteiger partial charge in [-0.25, -0.2) is 13.4 Å². The fourth-order valence-electron chi connectivity index (χ4n) is 1.25. The summed E-state index contributed by atoms with van der Waals surface area (Å²) in [7, 11) is -1.69. The van der Waals surface area contributed by atoms with Gasteiger partial charge < -0.3 is 10.5 Å². The first-order chi connectivity index (χ1) is 8.27. The van der Waals surface area contributed by atoms with Crippen LogP contribution >= 0.6 is 11.3 Å². The van der Waals surface area contributed by atoms with Crippen LogP contribution < -0.4 is 5.73 Å². The molecule has 0 fully saturated rings. The molecule has 0 spiro atoms. The number of thiazole rings is 1. The van der Waals surface area contributed by atoms with Gasteiger partial charge in [0, 0.05) is 7.11 Å². The van der Waals surface area contributed by atoms with Crippen molar-refractivity contribution in [1.29, 1.82) is 5.41 Å². The third kappa shape index (κ3) is 3.50. The zero-order valence-electron chi connectivity index (χ0n) is 10.6. The average Bonchev–Trinajstić information content (AvgIpc) is 2.60. The van der Waals surface area contributed by atoms with E-state index in [0.717, 1.165) is 11.3 Å². The summed E-state index contributed by atoms with van der Waals surface area (Å²) < 4.78 is 28.5. The summed E-state index contributed by atoms with van der Waals surface area (Å²) in [5.41, 5.74) is 5.95. The zero-order chi connectivity index (χ0) is 13.9. The molecule has 0 aromatic carbocycles. The highest BCUT2D eigenvalue weighted by Gasteiger charge is 2.21. The Bertz CT molecular complexity index is 535. The van der Waals surface area contributed by atoms with Crippen molar-refractivity contribution in [3.63, 3.8) is 0 Å². The van der Waals surface area contributed by atoms with Gasteiger partial charge in [0.25, 0.3) is 0 Å². The normalized spacial score (nSPS) is 12.0. The van der Waals surface area contributed by atoms with Crippen LogP contribution in [0.15, 0.2) is 0 Å². The van der Waals surface area contributed by atoms with E-state index in [9.17, 15) is 8.42 Å². The smallest absolute Gasteiger partial charge is 0.159 e. The summed E-state index contributed by atoms with van der Waals surface area (Å²) in [6.07, 6.45) is 0. The van der Waals surface area contributed by atoms with Gasteiger partial charge >= 0.3 is 0 Å². The highest BCUT2D eigenvalue weighted by Crippen LogP contribution is 2.22. The molecule has 1 aromatic heterocycles. The minimum absolute atomic E-state index is 0.118. The van der Waals surface area contributed by atoms with Gasteiger partial charge in [0.2, 0.25) is 0 Å². The monoisotopic (exact) mass is 291 g/mol. The molecule has 0 radical (unpaired) electrons. The van der Waals surface area contributed by atoms with Crippen LogP contribution in [-0.2, 0) is 26.9 Å². The Morgan fingerprint density at radius 1 is 1.56 bits per heavy atom. The second-order valence-electron chi connectivity index (χ2n) is 4.09. The number of ether oxygens (including phenoxy) is 1. The molecule has 0 atom stereocenters. The minimum Gasteiger partial charge on any atom is -0.383 e. The van der Waals surface area contributed by atoms with E-state index in [-0.39, 0.29) is 18.2 Å². The van der Waals surface area contributed by atoms with E-state index in [4.69, 9.17) is 15.9 Å². The van der Waals surface area contributed by atoms with Crippen molar-refractivity contribution >= 4 is 27.0 Å². The van der Waals surface area contributed by atoms with Gasteiger partial charge in [-0.1, -0.05) is 0 Å². The Balaban J connectivity index is 3.06. The second kappa shape index (κ2) is 5.77. The van der Waals surface area contributed by atoms with Gasteiger partial charge in [0.1, 0.15) is 16.6 Å². The van der Waals surface area contributed by atoms with Crippen LogP contribution in [-0.4, -0.2) is 31.6 Å². The van der Waals surface area contributed by atoms with Crippen LogP contribution in [0.4, 0.5) is 0 Å². The molecule has 0 saturated heterocycles. The van der Waals surface area contributed by atoms with Crippen molar-refractivity contribution in [3.05, 3.63) is 15.6 Å². The Labute approximate surface area is 111 Å². The van der Waals surface area contributed by atoms with Crippen LogP contribution in [0.3, 0.4) is 0 Å². The highest BCUT2D eigenvalue weighted by atomic mass is 32.2. The molecule has 0 aliphatic carbocycles. The fourth-order valence-corrected chi connectivity index (χ4v) is 3.44. The van der Waals surface area contributed by atoms with E-state index in [2.05, 4.69) is 4.98 Å². The summed E-state index contributed by atoms with van der Waals surface area (Å²) in [5.74, 6) is -0.243. The molecule has 6 nitrogen and oxygen atoms in total. The number of nitrogens with two attached hydrogens (primary N) is 1. The van der Waals surface area contributed by atoms with E-state index in [1.807, 2.05) is 0 Å². The Morgan fingerprint density at radius 2 is 2.17 bits per heavy atom. The predicted molar refractivity (Wildman–Crippen MR) is 71.6 cm³/mol. The molecule has 0 amide bonds. The summed E-state index contributed by atoms with van der Waals surface area (Å²) in [4.78, 5) is 4.66. The Hall–Kier alpha value is -0.990. The standard InChI is InChI=1S/C10H17N3O3S2/c1-6(2)18(14,15)5-8-13-7(4-16-3)9(17-8)10(11)12/h6H,4-5H2,1-3H3,(H3,11,12). The van der Waals surface area contributed by atoms with Crippen molar-refractivity contribution < 1.29 is 13.2 Å². The lowest BCUT2D eigenvalue weighted by Gasteiger charge is -2.04. The van der Waals surface area contributed by atoms with Gasteiger partial charge in [-0.3, -0.25) is 5.41 Å². The topological polar surface area (TPSA) is 106 Å². The molecule has 102 valence electrons. The van der Waals surface area contributed by atoms with E-state index in [1.54, 1.807) is 13.8 Å². The lowest BCUT2D eigenvalue weighted by molar-refractivity contribution is 0.182. The largest absolute Gasteiger partial charge is 0.383 e. The van der Waals surface area contributed by atoms with Crippen molar-refractivity contribution in [2.24, 2.45) is 5.73 Å². The molecule has 8 heteroatoms. The van der Waals surface area contributed by atoms with Gasteiger partial charge in [-0.05, 0) is 13.8 Å². The number of amidine groups is 1. The molecular formula is C10H17N3O3S2. The molecule has 1 heterocycles. The number of nitrogens with one attached hydrogen (secondary N) is 1. The molecule has 3 N–H and O–H groups in total. The molecule has 18 heavy (non-hydrogen) atoms. The number of nitrogens with zero attached hydrogens (tertiary/aromatic N) is 1. The number of rotatable bonds is 6. The Kier molecular flexibility index (Phi) is 4.83. The van der Waals surface area contributed by atoms with Gasteiger partial charge in [-0.2, -0.15) is 0 Å². The molecule has 1 rings (SSSR count). The molecular weight excluding hydrogens is 274 g/mol. The molecule has 0 aliphatic rings. The number of methoxy groups -OCH3 is 1. The van der Waals surface area contributed by atoms with Crippen LogP contribution in [0.5, 0.6) is 0 Å². The van der Waals surface area contributed by atoms with Gasteiger partial charge in [-0.15, -0.1) is 11.3 Å². The third-order valence-corrected chi connectivity index (χ3v) is 5.74. The number of hydrogen-bond donors (Lipinski definition) is 2. The van der Waals surface area contributed by atoms with Crippen molar-refractivity contribution in [1.82, 2.24) is 4.98 Å². The van der Waals surface area contributed by atoms with Crippen LogP contribution in [0.1, 0.15) is 29.4 Å². The first-order valence-electron chi connectivity index (χ1n) is 5.31. The lowest BCUT2D eigenvalue weighted by Crippen LogP contribution is -2.15. The average molecular weight is 291 g/mol. The van der Waals surface area contributed by atoms with Gasteiger partial charge in [0.15, 0.2) is 9.84 Å². The maximum atomic E-state index is 11.8. The van der Waals surface area contributed by atoms with E-state index < -0.39 is 15.1 Å². The predicted octanol–water partition coefficient (Wildman–Crippen LogP) is 0.897. The third-order valence-electron chi connectivity index (χ3n) is 2.31. The number of hydrogen-bond acceptors (Lipinski definition) is 6. The fraction of sp³-hybridized carbons (Fsp3) is 0.600. The maximum absolute atomic E-state index is 11.8. The summed E-state index contributed by atoms with van der Waals surface area (Å²) in [6, 6.07) is 0. The molecule has 0 bridgehead atoms. The van der Waals surface area contributed by atoms with Crippen LogP contribution in [0.2, 0.25) is 0 Å². The molecule has 0 aliphatic heterocycles. The second-order valence-corrected chi connectivity index (χ2v) is 7.73. The quantitative estimate of drug-likeness (QED) is 0.598. The number of nitrogen functional groups attached to an aromatic ring is 1. The van der Waals surface area contributed by atoms with E-state index in [1.165, 1.54) is 7.11 Å². The molecule has 0 saturated carbocycles. The summed E-state index contributed by atoms with van der Waals surface area (Å²) >= 11 is 1.13. The van der Waals surface area contributed by atoms with E-state index in [0.29, 0.717) is 15.6 Å². The van der Waals surface area contributed by atoms with Crippen molar-refractivity contribution in [3.8, 4) is 0 Å². The van der Waals surface area contributed by atoms with Crippen LogP contribution in [0, 0.1) is 5.41 Å². The van der Waals surface area contributed by atoms with E-state index >= 15 is 0 Å². The number of aromatic nitrogens is 1. The van der Waals surface area contributed by atoms with Crippen molar-refractivity contribution in [2.45, 2.75) is 31.5 Å². The molecule has 1 aromatic rings. The van der Waals surface area contributed by atoms with Gasteiger partial charge in [0.05, 0.1) is 22.4 Å². The molecule has 0 unspecified atom stereocenters. The van der Waals surface area contributed by atoms with Crippen LogP contribution in [0.25, 0.3) is 0 Å².